The van der Waals surface area contributed by atoms with E-state index in [1.165, 1.54) is 0 Å². The topological polar surface area (TPSA) is 111 Å². The zero-order chi connectivity index (χ0) is 19.3. The zero-order valence-corrected chi connectivity index (χ0v) is 15.9. The summed E-state index contributed by atoms with van der Waals surface area (Å²) in [5.41, 5.74) is 6.92. The number of sulfonamides is 1. The number of anilines is 2. The summed E-state index contributed by atoms with van der Waals surface area (Å²) in [6.07, 6.45) is 1.96. The first-order valence-electron chi connectivity index (χ1n) is 8.95. The van der Waals surface area contributed by atoms with Crippen molar-refractivity contribution in [1.82, 2.24) is 4.90 Å². The van der Waals surface area contributed by atoms with Gasteiger partial charge in [-0.05, 0) is 49.1 Å². The molecule has 1 heterocycles. The molecule has 1 fully saturated rings. The Kier molecular flexibility index (Phi) is 5.85. The molecule has 0 aliphatic carbocycles. The smallest absolute Gasteiger partial charge is 0.261 e. The molecule has 1 saturated heterocycles. The zero-order valence-electron chi connectivity index (χ0n) is 15.1. The number of nitrogens with two attached hydrogens (primary N) is 1. The first-order chi connectivity index (χ1) is 12.9. The van der Waals surface area contributed by atoms with Crippen LogP contribution < -0.4 is 15.8 Å². The van der Waals surface area contributed by atoms with Crippen molar-refractivity contribution in [3.63, 3.8) is 0 Å². The van der Waals surface area contributed by atoms with Crippen molar-refractivity contribution in [3.8, 4) is 0 Å². The minimum atomic E-state index is -3.60. The molecule has 0 unspecified atom stereocenters. The van der Waals surface area contributed by atoms with E-state index < -0.39 is 10.0 Å². The van der Waals surface area contributed by atoms with Gasteiger partial charge >= 0.3 is 0 Å². The standard InChI is InChI=1S/C19H25N5O2S/c20-19(21)24-11-9-15(10-12-24)14-22-16-5-4-6-17(13-16)23-27(25,26)18-7-2-1-3-8-18/h1-8,13,15,22-23H,9-12,14H2,(H3,20,21). The van der Waals surface area contributed by atoms with Crippen LogP contribution >= 0.6 is 0 Å². The summed E-state index contributed by atoms with van der Waals surface area (Å²) in [4.78, 5) is 2.12. The predicted molar refractivity (Wildman–Crippen MR) is 108 cm³/mol. The fourth-order valence-electron chi connectivity index (χ4n) is 3.15. The Morgan fingerprint density at radius 2 is 1.74 bits per heavy atom. The van der Waals surface area contributed by atoms with Crippen LogP contribution in [0.4, 0.5) is 11.4 Å². The summed E-state index contributed by atoms with van der Waals surface area (Å²) in [7, 11) is -3.60. The maximum absolute atomic E-state index is 12.4. The molecule has 1 aliphatic rings. The predicted octanol–water partition coefficient (Wildman–Crippen LogP) is 2.50. The highest BCUT2D eigenvalue weighted by atomic mass is 32.2. The monoisotopic (exact) mass is 387 g/mol. The lowest BCUT2D eigenvalue weighted by Crippen LogP contribution is -2.43. The Morgan fingerprint density at radius 1 is 1.07 bits per heavy atom. The molecule has 2 aromatic carbocycles. The second-order valence-corrected chi connectivity index (χ2v) is 8.38. The van der Waals surface area contributed by atoms with Crippen LogP contribution in [0.1, 0.15) is 12.8 Å². The number of likely N-dealkylation sites (tertiary alicyclic amines) is 1. The number of guanidine groups is 1. The van der Waals surface area contributed by atoms with Crippen LogP contribution in [-0.4, -0.2) is 38.9 Å². The number of hydrogen-bond acceptors (Lipinski definition) is 4. The third kappa shape index (κ3) is 5.13. The van der Waals surface area contributed by atoms with E-state index in [2.05, 4.69) is 10.0 Å². The lowest BCUT2D eigenvalue weighted by atomic mass is 9.97. The molecule has 5 N–H and O–H groups in total. The second-order valence-electron chi connectivity index (χ2n) is 6.70. The fourth-order valence-corrected chi connectivity index (χ4v) is 4.22. The van der Waals surface area contributed by atoms with Gasteiger partial charge in [-0.25, -0.2) is 8.42 Å². The van der Waals surface area contributed by atoms with Crippen molar-refractivity contribution in [2.24, 2.45) is 11.7 Å². The highest BCUT2D eigenvalue weighted by molar-refractivity contribution is 7.92. The molecule has 0 spiro atoms. The van der Waals surface area contributed by atoms with Gasteiger partial charge in [0.05, 0.1) is 10.6 Å². The summed E-state index contributed by atoms with van der Waals surface area (Å²) in [6, 6.07) is 15.6. The summed E-state index contributed by atoms with van der Waals surface area (Å²) in [6.45, 7) is 2.41. The van der Waals surface area contributed by atoms with Crippen molar-refractivity contribution in [1.29, 1.82) is 5.41 Å². The second kappa shape index (κ2) is 8.30. The van der Waals surface area contributed by atoms with Crippen LogP contribution in [-0.2, 0) is 10.0 Å². The maximum Gasteiger partial charge on any atom is 0.261 e. The summed E-state index contributed by atoms with van der Waals surface area (Å²) >= 11 is 0. The molecular weight excluding hydrogens is 362 g/mol. The molecule has 0 bridgehead atoms. The van der Waals surface area contributed by atoms with E-state index in [-0.39, 0.29) is 10.9 Å². The summed E-state index contributed by atoms with van der Waals surface area (Å²) in [5.74, 6) is 0.644. The van der Waals surface area contributed by atoms with Gasteiger partial charge in [0.25, 0.3) is 10.0 Å². The van der Waals surface area contributed by atoms with Gasteiger partial charge in [-0.1, -0.05) is 24.3 Å². The number of hydrogen-bond donors (Lipinski definition) is 4. The molecule has 0 radical (unpaired) electrons. The van der Waals surface area contributed by atoms with Crippen molar-refractivity contribution in [3.05, 3.63) is 54.6 Å². The SMILES string of the molecule is N=C(N)N1CCC(CNc2cccc(NS(=O)(=O)c3ccccc3)c2)CC1. The lowest BCUT2D eigenvalue weighted by molar-refractivity contribution is 0.271. The summed E-state index contributed by atoms with van der Waals surface area (Å²) in [5, 5.41) is 10.9. The van der Waals surface area contributed by atoms with E-state index in [0.717, 1.165) is 38.2 Å². The largest absolute Gasteiger partial charge is 0.385 e. The van der Waals surface area contributed by atoms with E-state index in [0.29, 0.717) is 11.6 Å². The Labute approximate surface area is 160 Å². The Morgan fingerprint density at radius 3 is 2.41 bits per heavy atom. The van der Waals surface area contributed by atoms with Gasteiger partial charge in [-0.15, -0.1) is 0 Å². The molecule has 7 nitrogen and oxygen atoms in total. The number of piperidine rings is 1. The van der Waals surface area contributed by atoms with Crippen LogP contribution in [0.15, 0.2) is 59.5 Å². The van der Waals surface area contributed by atoms with E-state index in [1.54, 1.807) is 42.5 Å². The highest BCUT2D eigenvalue weighted by Crippen LogP contribution is 2.21. The van der Waals surface area contributed by atoms with Gasteiger partial charge < -0.3 is 16.0 Å². The first-order valence-corrected chi connectivity index (χ1v) is 10.4. The van der Waals surface area contributed by atoms with E-state index in [4.69, 9.17) is 11.1 Å². The number of nitrogens with one attached hydrogen (secondary N) is 3. The van der Waals surface area contributed by atoms with Gasteiger partial charge in [-0.2, -0.15) is 0 Å². The van der Waals surface area contributed by atoms with Crippen LogP contribution in [0.25, 0.3) is 0 Å². The molecule has 27 heavy (non-hydrogen) atoms. The molecular formula is C19H25N5O2S. The average molecular weight is 388 g/mol. The third-order valence-corrected chi connectivity index (χ3v) is 6.12. The van der Waals surface area contributed by atoms with Gasteiger partial charge in [-0.3, -0.25) is 10.1 Å². The average Bonchev–Trinajstić information content (AvgIpc) is 2.67. The fraction of sp³-hybridized carbons (Fsp3) is 0.316. The number of nitrogens with zero attached hydrogens (tertiary/aromatic N) is 1. The van der Waals surface area contributed by atoms with E-state index in [9.17, 15) is 8.42 Å². The first kappa shape index (κ1) is 19.0. The number of benzene rings is 2. The van der Waals surface area contributed by atoms with Gasteiger partial charge in [0, 0.05) is 25.3 Å². The summed E-state index contributed by atoms with van der Waals surface area (Å²) < 4.78 is 27.5. The van der Waals surface area contributed by atoms with Crippen molar-refractivity contribution in [2.45, 2.75) is 17.7 Å². The maximum atomic E-state index is 12.4. The quantitative estimate of drug-likeness (QED) is 0.449. The van der Waals surface area contributed by atoms with Crippen LogP contribution in [0.2, 0.25) is 0 Å². The van der Waals surface area contributed by atoms with Gasteiger partial charge in [0.1, 0.15) is 0 Å². The molecule has 1 aliphatic heterocycles. The highest BCUT2D eigenvalue weighted by Gasteiger charge is 2.19. The molecule has 0 amide bonds. The van der Waals surface area contributed by atoms with Crippen molar-refractivity contribution in [2.75, 3.05) is 29.7 Å². The molecule has 3 rings (SSSR count). The number of rotatable bonds is 6. The van der Waals surface area contributed by atoms with Crippen LogP contribution in [0.5, 0.6) is 0 Å². The minimum Gasteiger partial charge on any atom is -0.385 e. The molecule has 8 heteroatoms. The molecule has 0 saturated carbocycles. The molecule has 2 aromatic rings. The third-order valence-electron chi connectivity index (χ3n) is 4.72. The van der Waals surface area contributed by atoms with Crippen LogP contribution in [0.3, 0.4) is 0 Å². The van der Waals surface area contributed by atoms with Gasteiger partial charge in [0.15, 0.2) is 5.96 Å². The normalized spacial score (nSPS) is 15.3. The van der Waals surface area contributed by atoms with Gasteiger partial charge in [0.2, 0.25) is 0 Å². The van der Waals surface area contributed by atoms with Crippen LogP contribution in [0, 0.1) is 11.3 Å². The Balaban J connectivity index is 1.57. The van der Waals surface area contributed by atoms with E-state index >= 15 is 0 Å². The van der Waals surface area contributed by atoms with E-state index in [1.807, 2.05) is 17.0 Å². The molecule has 144 valence electrons. The lowest BCUT2D eigenvalue weighted by Gasteiger charge is -2.32. The minimum absolute atomic E-state index is 0.139. The molecule has 0 aromatic heterocycles. The molecule has 0 atom stereocenters. The Bertz CT molecular complexity index is 878. The van der Waals surface area contributed by atoms with Crippen molar-refractivity contribution >= 4 is 27.4 Å². The Hall–Kier alpha value is -2.74. The van der Waals surface area contributed by atoms with Crippen molar-refractivity contribution < 1.29 is 8.42 Å².